The third kappa shape index (κ3) is 4.53. The smallest absolute Gasteiger partial charge is 0.229 e. The summed E-state index contributed by atoms with van der Waals surface area (Å²) in [6.07, 6.45) is 1.59. The molecule has 9 heteroatoms. The Labute approximate surface area is 166 Å². The zero-order valence-electron chi connectivity index (χ0n) is 15.7. The number of fused-ring (bicyclic) bond motifs is 1. The summed E-state index contributed by atoms with van der Waals surface area (Å²) < 4.78 is 25.3. The van der Waals surface area contributed by atoms with E-state index in [1.165, 1.54) is 12.1 Å². The highest BCUT2D eigenvalue weighted by Crippen LogP contribution is 2.19. The first-order chi connectivity index (χ1) is 14.2. The van der Waals surface area contributed by atoms with Crippen molar-refractivity contribution >= 4 is 22.8 Å². The number of nitrogens with zero attached hydrogens (tertiary/aromatic N) is 5. The maximum absolute atomic E-state index is 13.1. The van der Waals surface area contributed by atoms with E-state index >= 15 is 0 Å². The molecule has 4 rings (SSSR count). The first-order valence-corrected chi connectivity index (χ1v) is 9.00. The van der Waals surface area contributed by atoms with Crippen LogP contribution in [0.4, 0.5) is 16.0 Å². The van der Waals surface area contributed by atoms with Gasteiger partial charge in [0.15, 0.2) is 11.2 Å². The van der Waals surface area contributed by atoms with Crippen molar-refractivity contribution in [2.45, 2.75) is 6.61 Å². The predicted octanol–water partition coefficient (Wildman–Crippen LogP) is 3.26. The van der Waals surface area contributed by atoms with Crippen LogP contribution in [0.15, 0.2) is 54.7 Å². The Balaban J connectivity index is 1.58. The molecule has 0 saturated heterocycles. The fourth-order valence-electron chi connectivity index (χ4n) is 2.73. The number of methoxy groups -OCH3 is 1. The molecule has 0 aliphatic rings. The Morgan fingerprint density at radius 1 is 1.10 bits per heavy atom. The van der Waals surface area contributed by atoms with E-state index in [4.69, 9.17) is 9.47 Å². The van der Waals surface area contributed by atoms with Gasteiger partial charge in [-0.15, -0.1) is 5.10 Å². The normalized spacial score (nSPS) is 11.1. The summed E-state index contributed by atoms with van der Waals surface area (Å²) in [6.45, 7) is 1.54. The maximum atomic E-state index is 13.1. The van der Waals surface area contributed by atoms with Crippen LogP contribution in [0.25, 0.3) is 16.9 Å². The van der Waals surface area contributed by atoms with Crippen LogP contribution in [0, 0.1) is 5.82 Å². The molecule has 2 heterocycles. The molecule has 0 aliphatic heterocycles. The zero-order chi connectivity index (χ0) is 20.1. The Morgan fingerprint density at radius 3 is 2.79 bits per heavy atom. The third-order valence-electron chi connectivity index (χ3n) is 4.15. The minimum Gasteiger partial charge on any atom is -0.382 e. The van der Waals surface area contributed by atoms with Crippen LogP contribution in [0.3, 0.4) is 0 Å². The molecular weight excluding hydrogens is 375 g/mol. The Kier molecular flexibility index (Phi) is 5.68. The predicted molar refractivity (Wildman–Crippen MR) is 106 cm³/mol. The van der Waals surface area contributed by atoms with Crippen molar-refractivity contribution in [3.63, 3.8) is 0 Å². The summed E-state index contributed by atoms with van der Waals surface area (Å²) in [5.74, 6) is 0.0620. The fraction of sp³-hybridized carbons (Fsp3) is 0.200. The Hall–Kier alpha value is -3.43. The lowest BCUT2D eigenvalue weighted by Crippen LogP contribution is -2.04. The average Bonchev–Trinajstić information content (AvgIpc) is 3.16. The molecule has 1 N–H and O–H groups in total. The van der Waals surface area contributed by atoms with Crippen molar-refractivity contribution in [3.8, 4) is 5.69 Å². The molecule has 0 atom stereocenters. The van der Waals surface area contributed by atoms with Gasteiger partial charge in [-0.25, -0.2) is 9.37 Å². The highest BCUT2D eigenvalue weighted by molar-refractivity contribution is 5.72. The van der Waals surface area contributed by atoms with Crippen LogP contribution < -0.4 is 5.32 Å². The highest BCUT2D eigenvalue weighted by Gasteiger charge is 2.11. The van der Waals surface area contributed by atoms with Crippen LogP contribution in [0.2, 0.25) is 0 Å². The SMILES string of the molecule is COCCOCc1cccc(-n2nnc3cnc(Nc4ccc(F)cc4)nc32)c1. The van der Waals surface area contributed by atoms with E-state index in [2.05, 4.69) is 25.6 Å². The van der Waals surface area contributed by atoms with Gasteiger partial charge in [-0.3, -0.25) is 0 Å². The second-order valence-electron chi connectivity index (χ2n) is 6.25. The molecule has 8 nitrogen and oxygen atoms in total. The quantitative estimate of drug-likeness (QED) is 0.459. The van der Waals surface area contributed by atoms with Crippen LogP contribution in [-0.4, -0.2) is 45.3 Å². The molecule has 148 valence electrons. The molecule has 0 amide bonds. The molecule has 29 heavy (non-hydrogen) atoms. The number of halogens is 1. The number of aromatic nitrogens is 5. The Bertz CT molecular complexity index is 1100. The fourth-order valence-corrected chi connectivity index (χ4v) is 2.73. The van der Waals surface area contributed by atoms with Gasteiger partial charge in [-0.1, -0.05) is 17.3 Å². The van der Waals surface area contributed by atoms with Gasteiger partial charge in [-0.05, 0) is 42.0 Å². The van der Waals surface area contributed by atoms with E-state index in [0.717, 1.165) is 11.3 Å². The lowest BCUT2D eigenvalue weighted by Gasteiger charge is -2.07. The minimum absolute atomic E-state index is 0.305. The number of benzene rings is 2. The van der Waals surface area contributed by atoms with Crippen molar-refractivity contribution in [2.24, 2.45) is 0 Å². The van der Waals surface area contributed by atoms with E-state index in [1.807, 2.05) is 24.3 Å². The second-order valence-corrected chi connectivity index (χ2v) is 6.25. The average molecular weight is 394 g/mol. The van der Waals surface area contributed by atoms with E-state index in [0.29, 0.717) is 42.6 Å². The van der Waals surface area contributed by atoms with Crippen LogP contribution in [-0.2, 0) is 16.1 Å². The molecule has 0 fully saturated rings. The van der Waals surface area contributed by atoms with Gasteiger partial charge in [0.2, 0.25) is 5.95 Å². The number of nitrogens with one attached hydrogen (secondary N) is 1. The first kappa shape index (κ1) is 18.9. The van der Waals surface area contributed by atoms with Gasteiger partial charge >= 0.3 is 0 Å². The lowest BCUT2D eigenvalue weighted by atomic mass is 10.2. The van der Waals surface area contributed by atoms with Gasteiger partial charge in [0.25, 0.3) is 0 Å². The summed E-state index contributed by atoms with van der Waals surface area (Å²) in [7, 11) is 1.64. The summed E-state index contributed by atoms with van der Waals surface area (Å²) in [6, 6.07) is 13.8. The molecule has 2 aromatic heterocycles. The van der Waals surface area contributed by atoms with E-state index < -0.39 is 0 Å². The topological polar surface area (TPSA) is 87.0 Å². The van der Waals surface area contributed by atoms with E-state index in [1.54, 1.807) is 30.1 Å². The molecule has 0 radical (unpaired) electrons. The van der Waals surface area contributed by atoms with Crippen LogP contribution in [0.5, 0.6) is 0 Å². The summed E-state index contributed by atoms with van der Waals surface area (Å²) in [5.41, 5.74) is 3.62. The second kappa shape index (κ2) is 8.72. The molecule has 2 aromatic carbocycles. The van der Waals surface area contributed by atoms with E-state index in [9.17, 15) is 4.39 Å². The van der Waals surface area contributed by atoms with Crippen molar-refractivity contribution in [2.75, 3.05) is 25.6 Å². The summed E-state index contributed by atoms with van der Waals surface area (Å²) in [4.78, 5) is 8.76. The number of ether oxygens (including phenoxy) is 2. The molecule has 0 spiro atoms. The number of hydrogen-bond donors (Lipinski definition) is 1. The number of rotatable bonds is 8. The number of anilines is 2. The number of hydrogen-bond acceptors (Lipinski definition) is 7. The van der Waals surface area contributed by atoms with Gasteiger partial charge in [0, 0.05) is 12.8 Å². The van der Waals surface area contributed by atoms with E-state index in [-0.39, 0.29) is 5.82 Å². The summed E-state index contributed by atoms with van der Waals surface area (Å²) >= 11 is 0. The van der Waals surface area contributed by atoms with Gasteiger partial charge in [0.05, 0.1) is 31.7 Å². The molecule has 0 aliphatic carbocycles. The Morgan fingerprint density at radius 2 is 1.97 bits per heavy atom. The van der Waals surface area contributed by atoms with Crippen molar-refractivity contribution in [3.05, 3.63) is 66.1 Å². The van der Waals surface area contributed by atoms with Crippen molar-refractivity contribution in [1.82, 2.24) is 25.0 Å². The van der Waals surface area contributed by atoms with Crippen LogP contribution >= 0.6 is 0 Å². The zero-order valence-corrected chi connectivity index (χ0v) is 15.7. The minimum atomic E-state index is -0.305. The van der Waals surface area contributed by atoms with Crippen LogP contribution in [0.1, 0.15) is 5.56 Å². The largest absolute Gasteiger partial charge is 0.382 e. The highest BCUT2D eigenvalue weighted by atomic mass is 19.1. The maximum Gasteiger partial charge on any atom is 0.229 e. The van der Waals surface area contributed by atoms with Crippen molar-refractivity contribution < 1.29 is 13.9 Å². The molecule has 0 saturated carbocycles. The van der Waals surface area contributed by atoms with Gasteiger partial charge < -0.3 is 14.8 Å². The molecule has 0 unspecified atom stereocenters. The van der Waals surface area contributed by atoms with Gasteiger partial charge in [-0.2, -0.15) is 9.67 Å². The molecule has 4 aromatic rings. The van der Waals surface area contributed by atoms with Gasteiger partial charge in [0.1, 0.15) is 5.82 Å². The third-order valence-corrected chi connectivity index (χ3v) is 4.15. The lowest BCUT2D eigenvalue weighted by molar-refractivity contribution is 0.0616. The summed E-state index contributed by atoms with van der Waals surface area (Å²) in [5, 5.41) is 11.4. The standard InChI is InChI=1S/C20H19FN6O2/c1-28-9-10-29-13-14-3-2-4-17(11-14)27-19-18(25-26-27)12-22-20(24-19)23-16-7-5-15(21)6-8-16/h2-8,11-12H,9-10,13H2,1H3,(H,22,23,24). The molecular formula is C20H19FN6O2. The monoisotopic (exact) mass is 394 g/mol. The molecule has 0 bridgehead atoms. The van der Waals surface area contributed by atoms with Crippen molar-refractivity contribution in [1.29, 1.82) is 0 Å². The first-order valence-electron chi connectivity index (χ1n) is 9.00.